The summed E-state index contributed by atoms with van der Waals surface area (Å²) in [5, 5.41) is 4.25. The van der Waals surface area contributed by atoms with Crippen molar-refractivity contribution in [3.63, 3.8) is 0 Å². The van der Waals surface area contributed by atoms with Crippen LogP contribution in [0.15, 0.2) is 72.5 Å². The van der Waals surface area contributed by atoms with Gasteiger partial charge >= 0.3 is 0 Å². The predicted octanol–water partition coefficient (Wildman–Crippen LogP) is 3.60. The van der Waals surface area contributed by atoms with Crippen LogP contribution in [0.3, 0.4) is 0 Å². The second kappa shape index (κ2) is 8.70. The molecule has 0 spiro atoms. The first-order chi connectivity index (χ1) is 13.1. The second-order valence-electron chi connectivity index (χ2n) is 6.19. The number of hydrogen-bond acceptors (Lipinski definition) is 4. The molecule has 1 aromatic carbocycles. The summed E-state index contributed by atoms with van der Waals surface area (Å²) in [6.45, 7) is 4.51. The fourth-order valence-corrected chi connectivity index (χ4v) is 3.28. The van der Waals surface area contributed by atoms with Crippen LogP contribution >= 0.6 is 12.6 Å². The molecule has 3 rings (SSSR count). The van der Waals surface area contributed by atoms with Crippen LogP contribution in [0.2, 0.25) is 0 Å². The van der Waals surface area contributed by atoms with Gasteiger partial charge in [0, 0.05) is 23.3 Å². The summed E-state index contributed by atoms with van der Waals surface area (Å²) in [7, 11) is 0. The summed E-state index contributed by atoms with van der Waals surface area (Å²) in [6.07, 6.45) is 5.88. The van der Waals surface area contributed by atoms with Gasteiger partial charge in [-0.25, -0.2) is 4.98 Å². The number of amides is 1. The Morgan fingerprint density at radius 1 is 1.30 bits per heavy atom. The summed E-state index contributed by atoms with van der Waals surface area (Å²) >= 11 is 4.42. The van der Waals surface area contributed by atoms with Gasteiger partial charge in [0.25, 0.3) is 0 Å². The SMILES string of the molecule is C=C(/C=C(\S)NC(=O)C(CCN)c1ccccc1)c1c[nH]c2ncccc12. The molecule has 0 aliphatic carbocycles. The lowest BCUT2D eigenvalue weighted by atomic mass is 9.95. The van der Waals surface area contributed by atoms with Gasteiger partial charge in [-0.3, -0.25) is 4.79 Å². The molecule has 1 unspecified atom stereocenters. The summed E-state index contributed by atoms with van der Waals surface area (Å²) in [5.74, 6) is -0.460. The fourth-order valence-electron chi connectivity index (χ4n) is 3.01. The number of aromatic amines is 1. The van der Waals surface area contributed by atoms with Gasteiger partial charge in [0.15, 0.2) is 0 Å². The molecule has 0 saturated carbocycles. The number of fused-ring (bicyclic) bond motifs is 1. The summed E-state index contributed by atoms with van der Waals surface area (Å²) in [4.78, 5) is 20.1. The minimum absolute atomic E-state index is 0.138. The Bertz CT molecular complexity index is 978. The molecular weight excluding hydrogens is 356 g/mol. The van der Waals surface area contributed by atoms with E-state index in [1.807, 2.05) is 48.7 Å². The molecule has 0 saturated heterocycles. The van der Waals surface area contributed by atoms with Crippen molar-refractivity contribution in [3.05, 3.63) is 83.7 Å². The zero-order valence-corrected chi connectivity index (χ0v) is 15.7. The highest BCUT2D eigenvalue weighted by Crippen LogP contribution is 2.25. The van der Waals surface area contributed by atoms with Gasteiger partial charge in [-0.2, -0.15) is 0 Å². The molecule has 0 bridgehead atoms. The zero-order chi connectivity index (χ0) is 19.2. The molecule has 2 heterocycles. The topological polar surface area (TPSA) is 83.8 Å². The molecule has 1 amide bonds. The summed E-state index contributed by atoms with van der Waals surface area (Å²) in [6, 6.07) is 13.4. The van der Waals surface area contributed by atoms with Gasteiger partial charge in [-0.15, -0.1) is 12.6 Å². The highest BCUT2D eigenvalue weighted by atomic mass is 32.1. The number of nitrogens with two attached hydrogens (primary N) is 1. The Balaban J connectivity index is 1.75. The van der Waals surface area contributed by atoms with Crippen molar-refractivity contribution in [1.82, 2.24) is 15.3 Å². The highest BCUT2D eigenvalue weighted by molar-refractivity contribution is 7.84. The normalized spacial score (nSPS) is 12.7. The minimum atomic E-state index is -0.322. The number of allylic oxidation sites excluding steroid dienone is 2. The molecule has 2 aromatic heterocycles. The molecule has 5 nitrogen and oxygen atoms in total. The third-order valence-corrected chi connectivity index (χ3v) is 4.57. The number of pyridine rings is 1. The number of nitrogens with one attached hydrogen (secondary N) is 2. The second-order valence-corrected chi connectivity index (χ2v) is 6.67. The van der Waals surface area contributed by atoms with Crippen LogP contribution in [0.25, 0.3) is 16.6 Å². The Labute approximate surface area is 163 Å². The number of carbonyl (C=O) groups is 1. The van der Waals surface area contributed by atoms with Crippen LogP contribution in [0.5, 0.6) is 0 Å². The van der Waals surface area contributed by atoms with E-state index in [1.165, 1.54) is 0 Å². The van der Waals surface area contributed by atoms with E-state index in [9.17, 15) is 4.79 Å². The molecule has 27 heavy (non-hydrogen) atoms. The van der Waals surface area contributed by atoms with E-state index >= 15 is 0 Å². The van der Waals surface area contributed by atoms with E-state index < -0.39 is 0 Å². The fraction of sp³-hybridized carbons (Fsp3) is 0.143. The van der Waals surface area contributed by atoms with Crippen molar-refractivity contribution in [2.75, 3.05) is 6.54 Å². The van der Waals surface area contributed by atoms with E-state index in [0.29, 0.717) is 18.0 Å². The number of thiol groups is 1. The Kier molecular flexibility index (Phi) is 6.11. The Morgan fingerprint density at radius 3 is 2.81 bits per heavy atom. The van der Waals surface area contributed by atoms with Crippen molar-refractivity contribution < 1.29 is 4.79 Å². The van der Waals surface area contributed by atoms with Crippen molar-refractivity contribution in [1.29, 1.82) is 0 Å². The number of hydrogen-bond donors (Lipinski definition) is 4. The monoisotopic (exact) mass is 378 g/mol. The standard InChI is InChI=1S/C21H22N4OS/c1-14(18-13-24-20-17(18)8-5-11-23-20)12-19(27)25-21(26)16(9-10-22)15-6-3-2-4-7-15/h2-8,11-13,16,27H,1,9-10,22H2,(H,23,24)(H,25,26)/b19-12-. The summed E-state index contributed by atoms with van der Waals surface area (Å²) < 4.78 is 0. The first-order valence-electron chi connectivity index (χ1n) is 8.68. The van der Waals surface area contributed by atoms with Crippen molar-refractivity contribution in [3.8, 4) is 0 Å². The number of rotatable bonds is 7. The quantitative estimate of drug-likeness (QED) is 0.374. The maximum Gasteiger partial charge on any atom is 0.232 e. The molecule has 4 N–H and O–H groups in total. The van der Waals surface area contributed by atoms with Gasteiger partial charge in [0.05, 0.1) is 10.9 Å². The predicted molar refractivity (Wildman–Crippen MR) is 113 cm³/mol. The molecule has 3 aromatic rings. The molecule has 1 atom stereocenters. The van der Waals surface area contributed by atoms with E-state index in [2.05, 4.69) is 34.5 Å². The minimum Gasteiger partial charge on any atom is -0.346 e. The molecular formula is C21H22N4OS. The molecule has 0 fully saturated rings. The van der Waals surface area contributed by atoms with E-state index in [1.54, 1.807) is 12.3 Å². The smallest absolute Gasteiger partial charge is 0.232 e. The largest absolute Gasteiger partial charge is 0.346 e. The van der Waals surface area contributed by atoms with Gasteiger partial charge in [0.1, 0.15) is 5.65 Å². The number of H-pyrrole nitrogens is 1. The average molecular weight is 379 g/mol. The first kappa shape index (κ1) is 18.9. The number of aromatic nitrogens is 2. The third kappa shape index (κ3) is 4.48. The zero-order valence-electron chi connectivity index (χ0n) is 14.9. The number of nitrogens with zero attached hydrogens (tertiary/aromatic N) is 1. The van der Waals surface area contributed by atoms with Gasteiger partial charge in [0.2, 0.25) is 5.91 Å². The van der Waals surface area contributed by atoms with Crippen molar-refractivity contribution in [2.45, 2.75) is 12.3 Å². The lowest BCUT2D eigenvalue weighted by molar-refractivity contribution is -0.121. The van der Waals surface area contributed by atoms with E-state index in [4.69, 9.17) is 5.73 Å². The third-order valence-electron chi connectivity index (χ3n) is 4.33. The molecule has 6 heteroatoms. The van der Waals surface area contributed by atoms with Gasteiger partial charge < -0.3 is 16.0 Å². The Morgan fingerprint density at radius 2 is 2.07 bits per heavy atom. The number of benzene rings is 1. The van der Waals surface area contributed by atoms with Crippen LogP contribution in [0.1, 0.15) is 23.5 Å². The first-order valence-corrected chi connectivity index (χ1v) is 9.12. The van der Waals surface area contributed by atoms with Gasteiger partial charge in [-0.1, -0.05) is 36.9 Å². The van der Waals surface area contributed by atoms with Crippen LogP contribution in [0, 0.1) is 0 Å². The molecule has 0 aliphatic heterocycles. The lowest BCUT2D eigenvalue weighted by Gasteiger charge is -2.16. The van der Waals surface area contributed by atoms with Gasteiger partial charge in [-0.05, 0) is 42.3 Å². The number of carbonyl (C=O) groups excluding carboxylic acids is 1. The van der Waals surface area contributed by atoms with Crippen molar-refractivity contribution >= 4 is 35.1 Å². The average Bonchev–Trinajstić information content (AvgIpc) is 3.11. The van der Waals surface area contributed by atoms with Crippen LogP contribution in [-0.4, -0.2) is 22.4 Å². The van der Waals surface area contributed by atoms with E-state index in [0.717, 1.165) is 27.7 Å². The van der Waals surface area contributed by atoms with Crippen molar-refractivity contribution in [2.24, 2.45) is 5.73 Å². The Hall–Kier alpha value is -2.83. The maximum atomic E-state index is 12.7. The molecule has 0 aliphatic rings. The summed E-state index contributed by atoms with van der Waals surface area (Å²) in [5.41, 5.74) is 9.07. The maximum absolute atomic E-state index is 12.7. The van der Waals surface area contributed by atoms with Crippen LogP contribution < -0.4 is 11.1 Å². The van der Waals surface area contributed by atoms with Crippen LogP contribution in [0.4, 0.5) is 0 Å². The lowest BCUT2D eigenvalue weighted by Crippen LogP contribution is -2.29. The molecule has 0 radical (unpaired) electrons. The highest BCUT2D eigenvalue weighted by Gasteiger charge is 2.20. The van der Waals surface area contributed by atoms with E-state index in [-0.39, 0.29) is 11.8 Å². The van der Waals surface area contributed by atoms with Crippen LogP contribution in [-0.2, 0) is 4.79 Å². The molecule has 138 valence electrons.